The lowest BCUT2D eigenvalue weighted by atomic mass is 10.1. The van der Waals surface area contributed by atoms with Crippen molar-refractivity contribution < 1.29 is 9.53 Å². The molecule has 3 atom stereocenters. The molecule has 24 heavy (non-hydrogen) atoms. The highest BCUT2D eigenvalue weighted by Gasteiger charge is 2.34. The van der Waals surface area contributed by atoms with Gasteiger partial charge >= 0.3 is 6.09 Å². The first kappa shape index (κ1) is 18.8. The highest BCUT2D eigenvalue weighted by atomic mass is 32.2. The minimum absolute atomic E-state index is 0.124. The maximum absolute atomic E-state index is 12.2. The Morgan fingerprint density at radius 2 is 1.88 bits per heavy atom. The van der Waals surface area contributed by atoms with Crippen molar-refractivity contribution in [3.63, 3.8) is 0 Å². The topological polar surface area (TPSA) is 50.7 Å². The minimum Gasteiger partial charge on any atom is -0.444 e. The van der Waals surface area contributed by atoms with Crippen LogP contribution in [0.5, 0.6) is 0 Å². The molecule has 2 rings (SSSR count). The zero-order chi connectivity index (χ0) is 17.9. The second-order valence-electron chi connectivity index (χ2n) is 7.52. The first-order valence-electron chi connectivity index (χ1n) is 8.46. The molecule has 1 amide bonds. The standard InChI is InChI=1S/C19H28N2O2S/c1-12(2)15(21-18(22)23-19(4,5)6)17-20-13(3)16(24-17)14-10-8-7-9-11-14/h7-13,15-16H,1-6H3,(H,21,22)/t13-,15+,16+/m1/s1. The number of benzene rings is 1. The number of rotatable bonds is 4. The summed E-state index contributed by atoms with van der Waals surface area (Å²) < 4.78 is 5.40. The SMILES string of the molecule is CC(C)[C@H](NC(=O)OC(C)(C)C)C1=N[C@H](C)[C@@H](c2ccccc2)S1. The van der Waals surface area contributed by atoms with Crippen molar-refractivity contribution in [2.45, 2.75) is 64.5 Å². The molecule has 1 aliphatic rings. The van der Waals surface area contributed by atoms with E-state index in [2.05, 4.69) is 50.4 Å². The number of thioether (sulfide) groups is 1. The number of hydrogen-bond acceptors (Lipinski definition) is 4. The van der Waals surface area contributed by atoms with E-state index < -0.39 is 5.60 Å². The number of carbonyl (C=O) groups is 1. The van der Waals surface area contributed by atoms with Crippen molar-refractivity contribution in [2.75, 3.05) is 0 Å². The van der Waals surface area contributed by atoms with Crippen LogP contribution in [0, 0.1) is 5.92 Å². The van der Waals surface area contributed by atoms with Gasteiger partial charge < -0.3 is 10.1 Å². The third-order valence-corrected chi connectivity index (χ3v) is 5.27. The van der Waals surface area contributed by atoms with E-state index in [-0.39, 0.29) is 24.1 Å². The number of alkyl carbamates (subject to hydrolysis) is 1. The Bertz CT molecular complexity index is 593. The van der Waals surface area contributed by atoms with Gasteiger partial charge in [0.2, 0.25) is 0 Å². The van der Waals surface area contributed by atoms with Gasteiger partial charge in [-0.15, -0.1) is 0 Å². The van der Waals surface area contributed by atoms with E-state index in [4.69, 9.17) is 9.73 Å². The molecular weight excluding hydrogens is 320 g/mol. The summed E-state index contributed by atoms with van der Waals surface area (Å²) >= 11 is 1.75. The number of carbonyl (C=O) groups excluding carboxylic acids is 1. The summed E-state index contributed by atoms with van der Waals surface area (Å²) in [5.41, 5.74) is 0.768. The summed E-state index contributed by atoms with van der Waals surface area (Å²) in [7, 11) is 0. The van der Waals surface area contributed by atoms with Crippen molar-refractivity contribution in [3.8, 4) is 0 Å². The van der Waals surface area contributed by atoms with Gasteiger partial charge in [-0.1, -0.05) is 55.9 Å². The number of nitrogens with one attached hydrogen (secondary N) is 1. The molecule has 1 N–H and O–H groups in total. The molecule has 132 valence electrons. The second-order valence-corrected chi connectivity index (χ2v) is 8.69. The van der Waals surface area contributed by atoms with Gasteiger partial charge in [-0.3, -0.25) is 4.99 Å². The fourth-order valence-electron chi connectivity index (χ4n) is 2.62. The van der Waals surface area contributed by atoms with E-state index >= 15 is 0 Å². The molecule has 0 bridgehead atoms. The normalized spacial score (nSPS) is 22.2. The zero-order valence-corrected chi connectivity index (χ0v) is 16.2. The Labute approximate surface area is 149 Å². The molecule has 0 radical (unpaired) electrons. The van der Waals surface area contributed by atoms with Crippen LogP contribution in [0.4, 0.5) is 4.79 Å². The fourth-order valence-corrected chi connectivity index (χ4v) is 4.13. The maximum atomic E-state index is 12.2. The molecule has 0 fully saturated rings. The summed E-state index contributed by atoms with van der Waals surface area (Å²) in [5, 5.41) is 4.27. The third-order valence-electron chi connectivity index (χ3n) is 3.75. The Morgan fingerprint density at radius 3 is 2.42 bits per heavy atom. The van der Waals surface area contributed by atoms with Gasteiger partial charge in [-0.05, 0) is 39.2 Å². The van der Waals surface area contributed by atoms with Gasteiger partial charge in [-0.25, -0.2) is 4.79 Å². The van der Waals surface area contributed by atoms with Crippen LogP contribution in [0.3, 0.4) is 0 Å². The zero-order valence-electron chi connectivity index (χ0n) is 15.4. The largest absolute Gasteiger partial charge is 0.444 e. The summed E-state index contributed by atoms with van der Waals surface area (Å²) in [4.78, 5) is 17.0. The van der Waals surface area contributed by atoms with Crippen molar-refractivity contribution in [3.05, 3.63) is 35.9 Å². The van der Waals surface area contributed by atoms with E-state index in [9.17, 15) is 4.79 Å². The van der Waals surface area contributed by atoms with E-state index in [0.29, 0.717) is 5.25 Å². The molecule has 1 aliphatic heterocycles. The van der Waals surface area contributed by atoms with Gasteiger partial charge in [-0.2, -0.15) is 0 Å². The Balaban J connectivity index is 2.09. The highest BCUT2D eigenvalue weighted by Crippen LogP contribution is 2.41. The van der Waals surface area contributed by atoms with Crippen molar-refractivity contribution >= 4 is 22.9 Å². The smallest absolute Gasteiger partial charge is 0.408 e. The van der Waals surface area contributed by atoms with Crippen LogP contribution in [0.2, 0.25) is 0 Å². The molecule has 1 heterocycles. The van der Waals surface area contributed by atoms with Gasteiger partial charge in [0.05, 0.1) is 22.4 Å². The molecule has 1 aromatic rings. The Kier molecular flexibility index (Phi) is 5.97. The predicted molar refractivity (Wildman–Crippen MR) is 102 cm³/mol. The van der Waals surface area contributed by atoms with Crippen molar-refractivity contribution in [2.24, 2.45) is 10.9 Å². The highest BCUT2D eigenvalue weighted by molar-refractivity contribution is 8.14. The van der Waals surface area contributed by atoms with Gasteiger partial charge in [0.15, 0.2) is 0 Å². The monoisotopic (exact) mass is 348 g/mol. The third kappa shape index (κ3) is 5.00. The first-order chi connectivity index (χ1) is 11.2. The van der Waals surface area contributed by atoms with Crippen LogP contribution in [-0.4, -0.2) is 28.8 Å². The van der Waals surface area contributed by atoms with Crippen LogP contribution in [-0.2, 0) is 4.74 Å². The quantitative estimate of drug-likeness (QED) is 0.849. The molecule has 0 unspecified atom stereocenters. The van der Waals surface area contributed by atoms with Crippen LogP contribution < -0.4 is 5.32 Å². The van der Waals surface area contributed by atoms with Crippen molar-refractivity contribution in [1.29, 1.82) is 0 Å². The minimum atomic E-state index is -0.504. The van der Waals surface area contributed by atoms with E-state index in [1.54, 1.807) is 11.8 Å². The average Bonchev–Trinajstić information content (AvgIpc) is 2.85. The lowest BCUT2D eigenvalue weighted by Gasteiger charge is -2.26. The van der Waals surface area contributed by atoms with Gasteiger partial charge in [0.1, 0.15) is 5.60 Å². The van der Waals surface area contributed by atoms with Crippen molar-refractivity contribution in [1.82, 2.24) is 5.32 Å². The summed E-state index contributed by atoms with van der Waals surface area (Å²) in [6.07, 6.45) is -0.389. The summed E-state index contributed by atoms with van der Waals surface area (Å²) in [6.45, 7) is 11.9. The fraction of sp³-hybridized carbons (Fsp3) is 0.579. The molecule has 0 saturated heterocycles. The average molecular weight is 349 g/mol. The number of hydrogen-bond donors (Lipinski definition) is 1. The van der Waals surface area contributed by atoms with Crippen LogP contribution in [0.15, 0.2) is 35.3 Å². The van der Waals surface area contributed by atoms with E-state index in [0.717, 1.165) is 5.04 Å². The molecule has 0 spiro atoms. The number of amides is 1. The van der Waals surface area contributed by atoms with Crippen LogP contribution in [0.1, 0.15) is 52.4 Å². The Hall–Kier alpha value is -1.49. The van der Waals surface area contributed by atoms with E-state index in [1.807, 2.05) is 26.8 Å². The van der Waals surface area contributed by atoms with E-state index in [1.165, 1.54) is 5.56 Å². The lowest BCUT2D eigenvalue weighted by Crippen LogP contribution is -2.45. The van der Waals surface area contributed by atoms with Crippen LogP contribution in [0.25, 0.3) is 0 Å². The summed E-state index contributed by atoms with van der Waals surface area (Å²) in [5.74, 6) is 0.241. The summed E-state index contributed by atoms with van der Waals surface area (Å²) in [6, 6.07) is 10.5. The second kappa shape index (κ2) is 7.60. The molecule has 5 heteroatoms. The maximum Gasteiger partial charge on any atom is 0.408 e. The number of ether oxygens (including phenoxy) is 1. The van der Waals surface area contributed by atoms with Crippen LogP contribution >= 0.6 is 11.8 Å². The number of nitrogens with zero attached hydrogens (tertiary/aromatic N) is 1. The van der Waals surface area contributed by atoms with Gasteiger partial charge in [0.25, 0.3) is 0 Å². The van der Waals surface area contributed by atoms with Gasteiger partial charge in [0, 0.05) is 0 Å². The first-order valence-corrected chi connectivity index (χ1v) is 9.34. The molecule has 4 nitrogen and oxygen atoms in total. The molecule has 1 aromatic carbocycles. The lowest BCUT2D eigenvalue weighted by molar-refractivity contribution is 0.0509. The molecular formula is C19H28N2O2S. The Morgan fingerprint density at radius 1 is 1.25 bits per heavy atom. The molecule has 0 aliphatic carbocycles. The molecule has 0 aromatic heterocycles. The molecule has 0 saturated carbocycles. The predicted octanol–water partition coefficient (Wildman–Crippen LogP) is 4.81. The number of aliphatic imine (C=N–C) groups is 1.